The van der Waals surface area contributed by atoms with E-state index >= 15 is 0 Å². The van der Waals surface area contributed by atoms with E-state index in [0.29, 0.717) is 11.7 Å². The first kappa shape index (κ1) is 11.0. The molecule has 1 nitrogen and oxygen atoms in total. The number of Topliss-reactive ketones (excluding diaryl/α,β-unsaturated/α-hetero) is 1. The Hall–Kier alpha value is -1.89. The number of fused-ring (bicyclic) bond motifs is 3. The van der Waals surface area contributed by atoms with E-state index < -0.39 is 0 Å². The highest BCUT2D eigenvalue weighted by atomic mass is 16.1. The highest BCUT2D eigenvalue weighted by Gasteiger charge is 2.38. The van der Waals surface area contributed by atoms with Gasteiger partial charge in [-0.3, -0.25) is 4.79 Å². The summed E-state index contributed by atoms with van der Waals surface area (Å²) in [7, 11) is 0. The minimum Gasteiger partial charge on any atom is -0.294 e. The molecule has 0 bridgehead atoms. The molecule has 0 aromatic heterocycles. The van der Waals surface area contributed by atoms with Crippen LogP contribution in [0.4, 0.5) is 0 Å². The van der Waals surface area contributed by atoms with E-state index in [2.05, 4.69) is 30.3 Å². The molecule has 2 aromatic carbocycles. The third kappa shape index (κ3) is 1.65. The SMILES string of the molecule is O=C1c2ccccc2CC2Cc3ccccc3CC12. The van der Waals surface area contributed by atoms with Gasteiger partial charge in [-0.15, -0.1) is 0 Å². The van der Waals surface area contributed by atoms with Crippen LogP contribution < -0.4 is 0 Å². The van der Waals surface area contributed by atoms with Crippen LogP contribution in [-0.4, -0.2) is 5.78 Å². The zero-order valence-corrected chi connectivity index (χ0v) is 10.8. The standard InChI is InChI=1S/C18H16O/c19-18-16-8-4-3-7-14(16)10-15-9-12-5-1-2-6-13(12)11-17(15)18/h1-8,15,17H,9-11H2. The van der Waals surface area contributed by atoms with Crippen LogP contribution in [0.25, 0.3) is 0 Å². The molecule has 2 unspecified atom stereocenters. The maximum Gasteiger partial charge on any atom is 0.166 e. The maximum atomic E-state index is 12.7. The van der Waals surface area contributed by atoms with E-state index in [4.69, 9.17) is 0 Å². The molecule has 0 saturated heterocycles. The van der Waals surface area contributed by atoms with Crippen molar-refractivity contribution in [2.45, 2.75) is 19.3 Å². The van der Waals surface area contributed by atoms with Crippen molar-refractivity contribution in [3.8, 4) is 0 Å². The van der Waals surface area contributed by atoms with Crippen molar-refractivity contribution >= 4 is 5.78 Å². The molecule has 1 heteroatoms. The van der Waals surface area contributed by atoms with E-state index in [9.17, 15) is 4.79 Å². The summed E-state index contributed by atoms with van der Waals surface area (Å²) in [5.41, 5.74) is 5.02. The van der Waals surface area contributed by atoms with Crippen LogP contribution in [0.15, 0.2) is 48.5 Å². The van der Waals surface area contributed by atoms with E-state index in [1.165, 1.54) is 16.7 Å². The van der Waals surface area contributed by atoms with Gasteiger partial charge in [0.1, 0.15) is 0 Å². The molecule has 2 aliphatic carbocycles. The summed E-state index contributed by atoms with van der Waals surface area (Å²) in [6, 6.07) is 16.7. The van der Waals surface area contributed by atoms with E-state index in [1.807, 2.05) is 18.2 Å². The van der Waals surface area contributed by atoms with Crippen molar-refractivity contribution in [2.24, 2.45) is 11.8 Å². The van der Waals surface area contributed by atoms with Gasteiger partial charge < -0.3 is 0 Å². The first-order valence-corrected chi connectivity index (χ1v) is 7.02. The summed E-state index contributed by atoms with van der Waals surface area (Å²) in [6.45, 7) is 0. The molecule has 0 spiro atoms. The second kappa shape index (κ2) is 4.06. The highest BCUT2D eigenvalue weighted by Crippen LogP contribution is 2.38. The normalized spacial score (nSPS) is 24.3. The summed E-state index contributed by atoms with van der Waals surface area (Å²) >= 11 is 0. The topological polar surface area (TPSA) is 17.1 Å². The van der Waals surface area contributed by atoms with E-state index in [1.54, 1.807) is 0 Å². The lowest BCUT2D eigenvalue weighted by atomic mass is 9.66. The van der Waals surface area contributed by atoms with Crippen molar-refractivity contribution in [1.29, 1.82) is 0 Å². The summed E-state index contributed by atoms with van der Waals surface area (Å²) in [5.74, 6) is 1.06. The quantitative estimate of drug-likeness (QED) is 0.698. The molecule has 19 heavy (non-hydrogen) atoms. The van der Waals surface area contributed by atoms with Gasteiger partial charge in [0, 0.05) is 11.5 Å². The molecular formula is C18H16O. The lowest BCUT2D eigenvalue weighted by molar-refractivity contribution is 0.0841. The largest absolute Gasteiger partial charge is 0.294 e. The number of carbonyl (C=O) groups excluding carboxylic acids is 1. The van der Waals surface area contributed by atoms with Gasteiger partial charge >= 0.3 is 0 Å². The zero-order chi connectivity index (χ0) is 12.8. The highest BCUT2D eigenvalue weighted by molar-refractivity contribution is 6.00. The van der Waals surface area contributed by atoms with E-state index in [-0.39, 0.29) is 5.92 Å². The predicted octanol–water partition coefficient (Wildman–Crippen LogP) is 3.46. The van der Waals surface area contributed by atoms with Crippen molar-refractivity contribution in [3.63, 3.8) is 0 Å². The van der Waals surface area contributed by atoms with Crippen LogP contribution in [0.1, 0.15) is 27.0 Å². The number of hydrogen-bond donors (Lipinski definition) is 0. The molecule has 0 fully saturated rings. The molecule has 4 rings (SSSR count). The van der Waals surface area contributed by atoms with Crippen molar-refractivity contribution in [2.75, 3.05) is 0 Å². The van der Waals surface area contributed by atoms with Crippen LogP contribution in [0.2, 0.25) is 0 Å². The lowest BCUT2D eigenvalue weighted by Crippen LogP contribution is -2.37. The summed E-state index contributed by atoms with van der Waals surface area (Å²) < 4.78 is 0. The van der Waals surface area contributed by atoms with Gasteiger partial charge in [0.25, 0.3) is 0 Å². The van der Waals surface area contributed by atoms with Gasteiger partial charge in [0.2, 0.25) is 0 Å². The van der Waals surface area contributed by atoms with Gasteiger partial charge in [0.15, 0.2) is 5.78 Å². The Bertz CT molecular complexity index is 656. The smallest absolute Gasteiger partial charge is 0.166 e. The molecule has 0 amide bonds. The molecule has 2 aromatic rings. The van der Waals surface area contributed by atoms with Gasteiger partial charge in [-0.2, -0.15) is 0 Å². The number of ketones is 1. The first-order chi connectivity index (χ1) is 9.33. The minimum absolute atomic E-state index is 0.199. The molecule has 0 radical (unpaired) electrons. The fourth-order valence-electron chi connectivity index (χ4n) is 3.73. The van der Waals surface area contributed by atoms with Crippen molar-refractivity contribution in [1.82, 2.24) is 0 Å². The first-order valence-electron chi connectivity index (χ1n) is 7.02. The second-order valence-electron chi connectivity index (χ2n) is 5.77. The van der Waals surface area contributed by atoms with Crippen molar-refractivity contribution < 1.29 is 4.79 Å². The van der Waals surface area contributed by atoms with Gasteiger partial charge in [-0.05, 0) is 41.9 Å². The van der Waals surface area contributed by atoms with Gasteiger partial charge in [-0.1, -0.05) is 48.5 Å². The van der Waals surface area contributed by atoms with Crippen LogP contribution in [0, 0.1) is 11.8 Å². The minimum atomic E-state index is 0.199. The monoisotopic (exact) mass is 248 g/mol. The fourth-order valence-corrected chi connectivity index (χ4v) is 3.73. The zero-order valence-electron chi connectivity index (χ0n) is 10.8. The van der Waals surface area contributed by atoms with Crippen LogP contribution in [0.5, 0.6) is 0 Å². The third-order valence-corrected chi connectivity index (χ3v) is 4.71. The number of carbonyl (C=O) groups is 1. The Morgan fingerprint density at radius 2 is 1.32 bits per heavy atom. The number of hydrogen-bond acceptors (Lipinski definition) is 1. The maximum absolute atomic E-state index is 12.7. The average Bonchev–Trinajstić information content (AvgIpc) is 2.46. The average molecular weight is 248 g/mol. The molecular weight excluding hydrogens is 232 g/mol. The van der Waals surface area contributed by atoms with Crippen molar-refractivity contribution in [3.05, 3.63) is 70.8 Å². The second-order valence-corrected chi connectivity index (χ2v) is 5.77. The molecule has 0 N–H and O–H groups in total. The number of benzene rings is 2. The molecule has 94 valence electrons. The van der Waals surface area contributed by atoms with Crippen LogP contribution in [-0.2, 0) is 19.3 Å². The molecule has 2 atom stereocenters. The Morgan fingerprint density at radius 3 is 2.11 bits per heavy atom. The summed E-state index contributed by atoms with van der Waals surface area (Å²) in [6.07, 6.45) is 3.04. The summed E-state index contributed by atoms with van der Waals surface area (Å²) in [5, 5.41) is 0. The Labute approximate surface area is 113 Å². The molecule has 2 aliphatic rings. The third-order valence-electron chi connectivity index (χ3n) is 4.71. The number of rotatable bonds is 0. The molecule has 0 saturated carbocycles. The van der Waals surface area contributed by atoms with Gasteiger partial charge in [-0.25, -0.2) is 0 Å². The lowest BCUT2D eigenvalue weighted by Gasteiger charge is -2.36. The summed E-state index contributed by atoms with van der Waals surface area (Å²) in [4.78, 5) is 12.7. The molecule has 0 aliphatic heterocycles. The van der Waals surface area contributed by atoms with Crippen LogP contribution >= 0.6 is 0 Å². The van der Waals surface area contributed by atoms with Crippen LogP contribution in [0.3, 0.4) is 0 Å². The molecule has 0 heterocycles. The van der Waals surface area contributed by atoms with Gasteiger partial charge in [0.05, 0.1) is 0 Å². The Kier molecular flexibility index (Phi) is 2.34. The predicted molar refractivity (Wildman–Crippen MR) is 75.3 cm³/mol. The van der Waals surface area contributed by atoms with E-state index in [0.717, 1.165) is 24.8 Å². The Balaban J connectivity index is 1.77. The fraction of sp³-hybridized carbons (Fsp3) is 0.278. The Morgan fingerprint density at radius 1 is 0.737 bits per heavy atom.